The van der Waals surface area contributed by atoms with Crippen molar-refractivity contribution in [3.05, 3.63) is 71.1 Å². The first-order valence-electron chi connectivity index (χ1n) is 8.60. The average molecular weight is 344 g/mol. The van der Waals surface area contributed by atoms with Gasteiger partial charge in [0.15, 0.2) is 0 Å². The summed E-state index contributed by atoms with van der Waals surface area (Å²) in [5.41, 5.74) is 5.39. The normalized spacial score (nSPS) is 11.0. The van der Waals surface area contributed by atoms with E-state index >= 15 is 0 Å². The molecule has 4 aromatic rings. The number of pyridine rings is 1. The van der Waals surface area contributed by atoms with Gasteiger partial charge < -0.3 is 9.84 Å². The molecule has 0 atom stereocenters. The minimum Gasteiger partial charge on any atom is -0.365 e. The number of nitrogens with zero attached hydrogens (tertiary/aromatic N) is 3. The Morgan fingerprint density at radius 1 is 0.962 bits per heavy atom. The van der Waals surface area contributed by atoms with Crippen molar-refractivity contribution in [2.24, 2.45) is 0 Å². The van der Waals surface area contributed by atoms with Gasteiger partial charge in [0.1, 0.15) is 5.82 Å². The van der Waals surface area contributed by atoms with Crippen LogP contribution in [0.15, 0.2) is 53.1 Å². The fraction of sp³-hybridized carbons (Fsp3) is 0.190. The van der Waals surface area contributed by atoms with Crippen molar-refractivity contribution in [2.75, 3.05) is 5.32 Å². The van der Waals surface area contributed by atoms with Crippen molar-refractivity contribution >= 4 is 16.7 Å². The van der Waals surface area contributed by atoms with Gasteiger partial charge in [-0.1, -0.05) is 53.2 Å². The minimum absolute atomic E-state index is 0.536. The molecule has 26 heavy (non-hydrogen) atoms. The van der Waals surface area contributed by atoms with Crippen LogP contribution in [0.1, 0.15) is 22.6 Å². The van der Waals surface area contributed by atoms with Crippen LogP contribution < -0.4 is 5.32 Å². The first-order chi connectivity index (χ1) is 12.6. The molecule has 0 radical (unpaired) electrons. The standard InChI is InChI=1S/C21H20N4O/c1-13-7-9-16(10-8-13)12-22-20-18(21-23-15(3)26-25-21)11-17-6-4-5-14(2)19(17)24-20/h4-11H,12H2,1-3H3,(H,22,24). The molecule has 2 aromatic carbocycles. The lowest BCUT2D eigenvalue weighted by molar-refractivity contribution is 0.394. The molecule has 5 heteroatoms. The highest BCUT2D eigenvalue weighted by Gasteiger charge is 2.15. The SMILES string of the molecule is Cc1ccc(CNc2nc3c(C)cccc3cc2-c2noc(C)n2)cc1. The summed E-state index contributed by atoms with van der Waals surface area (Å²) < 4.78 is 5.17. The summed E-state index contributed by atoms with van der Waals surface area (Å²) in [6.45, 7) is 6.61. The molecule has 0 aliphatic heterocycles. The molecule has 0 fully saturated rings. The number of benzene rings is 2. The second-order valence-electron chi connectivity index (χ2n) is 6.51. The molecule has 2 heterocycles. The third-order valence-electron chi connectivity index (χ3n) is 4.40. The van der Waals surface area contributed by atoms with Crippen molar-refractivity contribution in [3.63, 3.8) is 0 Å². The van der Waals surface area contributed by atoms with Crippen LogP contribution in [-0.2, 0) is 6.54 Å². The Morgan fingerprint density at radius 3 is 2.50 bits per heavy atom. The van der Waals surface area contributed by atoms with Gasteiger partial charge in [0.05, 0.1) is 11.1 Å². The van der Waals surface area contributed by atoms with Gasteiger partial charge in [-0.15, -0.1) is 0 Å². The van der Waals surface area contributed by atoms with Crippen LogP contribution in [0, 0.1) is 20.8 Å². The molecule has 0 saturated heterocycles. The van der Waals surface area contributed by atoms with E-state index in [2.05, 4.69) is 71.8 Å². The number of aromatic nitrogens is 3. The molecule has 2 aromatic heterocycles. The zero-order valence-corrected chi connectivity index (χ0v) is 15.1. The summed E-state index contributed by atoms with van der Waals surface area (Å²) in [4.78, 5) is 9.24. The third-order valence-corrected chi connectivity index (χ3v) is 4.40. The van der Waals surface area contributed by atoms with E-state index in [-0.39, 0.29) is 0 Å². The highest BCUT2D eigenvalue weighted by atomic mass is 16.5. The van der Waals surface area contributed by atoms with E-state index in [9.17, 15) is 0 Å². The molecule has 0 unspecified atom stereocenters. The number of hydrogen-bond acceptors (Lipinski definition) is 5. The van der Waals surface area contributed by atoms with E-state index in [1.165, 1.54) is 11.1 Å². The number of anilines is 1. The molecule has 5 nitrogen and oxygen atoms in total. The van der Waals surface area contributed by atoms with E-state index in [0.717, 1.165) is 27.8 Å². The van der Waals surface area contributed by atoms with Gasteiger partial charge in [-0.3, -0.25) is 0 Å². The largest absolute Gasteiger partial charge is 0.365 e. The van der Waals surface area contributed by atoms with Gasteiger partial charge >= 0.3 is 0 Å². The number of rotatable bonds is 4. The van der Waals surface area contributed by atoms with Crippen LogP contribution in [-0.4, -0.2) is 15.1 Å². The van der Waals surface area contributed by atoms with Gasteiger partial charge in [-0.25, -0.2) is 4.98 Å². The van der Waals surface area contributed by atoms with Crippen LogP contribution in [0.3, 0.4) is 0 Å². The van der Waals surface area contributed by atoms with Crippen molar-refractivity contribution < 1.29 is 4.52 Å². The summed E-state index contributed by atoms with van der Waals surface area (Å²) in [6.07, 6.45) is 0. The maximum Gasteiger partial charge on any atom is 0.223 e. The molecule has 4 rings (SSSR count). The van der Waals surface area contributed by atoms with Crippen molar-refractivity contribution in [1.29, 1.82) is 0 Å². The number of para-hydroxylation sites is 1. The molecule has 0 bridgehead atoms. The molecule has 0 aliphatic rings. The van der Waals surface area contributed by atoms with Crippen LogP contribution in [0.25, 0.3) is 22.3 Å². The Labute approximate surface area is 152 Å². The summed E-state index contributed by atoms with van der Waals surface area (Å²) in [6, 6.07) is 16.7. The van der Waals surface area contributed by atoms with E-state index in [0.29, 0.717) is 18.3 Å². The van der Waals surface area contributed by atoms with Gasteiger partial charge in [-0.2, -0.15) is 4.98 Å². The van der Waals surface area contributed by atoms with Crippen LogP contribution >= 0.6 is 0 Å². The van der Waals surface area contributed by atoms with Gasteiger partial charge in [0, 0.05) is 18.9 Å². The van der Waals surface area contributed by atoms with E-state index in [1.807, 2.05) is 6.07 Å². The zero-order chi connectivity index (χ0) is 18.1. The smallest absolute Gasteiger partial charge is 0.223 e. The van der Waals surface area contributed by atoms with Crippen molar-refractivity contribution in [3.8, 4) is 11.4 Å². The summed E-state index contributed by atoms with van der Waals surface area (Å²) in [5, 5.41) is 8.58. The summed E-state index contributed by atoms with van der Waals surface area (Å²) in [7, 11) is 0. The maximum atomic E-state index is 5.17. The van der Waals surface area contributed by atoms with Crippen molar-refractivity contribution in [1.82, 2.24) is 15.1 Å². The Balaban J connectivity index is 1.77. The Morgan fingerprint density at radius 2 is 1.77 bits per heavy atom. The average Bonchev–Trinajstić information content (AvgIpc) is 3.07. The summed E-state index contributed by atoms with van der Waals surface area (Å²) in [5.74, 6) is 1.84. The molecule has 0 saturated carbocycles. The van der Waals surface area contributed by atoms with Gasteiger partial charge in [0.25, 0.3) is 0 Å². The second kappa shape index (κ2) is 6.59. The van der Waals surface area contributed by atoms with Crippen molar-refractivity contribution in [2.45, 2.75) is 27.3 Å². The molecular formula is C21H20N4O. The van der Waals surface area contributed by atoms with E-state index in [1.54, 1.807) is 6.92 Å². The lowest BCUT2D eigenvalue weighted by Crippen LogP contribution is -2.04. The fourth-order valence-electron chi connectivity index (χ4n) is 2.95. The first-order valence-corrected chi connectivity index (χ1v) is 8.60. The number of fused-ring (bicyclic) bond motifs is 1. The summed E-state index contributed by atoms with van der Waals surface area (Å²) >= 11 is 0. The number of nitrogens with one attached hydrogen (secondary N) is 1. The van der Waals surface area contributed by atoms with Crippen LogP contribution in [0.4, 0.5) is 5.82 Å². The Hall–Kier alpha value is -3.21. The van der Waals surface area contributed by atoms with E-state index in [4.69, 9.17) is 9.51 Å². The first kappa shape index (κ1) is 16.3. The molecule has 0 spiro atoms. The lowest BCUT2D eigenvalue weighted by atomic mass is 10.1. The Bertz CT molecular complexity index is 1070. The topological polar surface area (TPSA) is 63.8 Å². The predicted octanol–water partition coefficient (Wildman–Crippen LogP) is 4.82. The molecule has 1 N–H and O–H groups in total. The highest BCUT2D eigenvalue weighted by molar-refractivity contribution is 5.89. The molecular weight excluding hydrogens is 324 g/mol. The van der Waals surface area contributed by atoms with Gasteiger partial charge in [0.2, 0.25) is 11.7 Å². The Kier molecular flexibility index (Phi) is 4.13. The number of hydrogen-bond donors (Lipinski definition) is 1. The third kappa shape index (κ3) is 3.16. The van der Waals surface area contributed by atoms with E-state index < -0.39 is 0 Å². The van der Waals surface area contributed by atoms with Crippen LogP contribution in [0.5, 0.6) is 0 Å². The monoisotopic (exact) mass is 344 g/mol. The molecule has 0 aliphatic carbocycles. The van der Waals surface area contributed by atoms with Crippen LogP contribution in [0.2, 0.25) is 0 Å². The zero-order valence-electron chi connectivity index (χ0n) is 15.1. The maximum absolute atomic E-state index is 5.17. The van der Waals surface area contributed by atoms with Gasteiger partial charge in [-0.05, 0) is 31.0 Å². The highest BCUT2D eigenvalue weighted by Crippen LogP contribution is 2.30. The minimum atomic E-state index is 0.536. The number of aryl methyl sites for hydroxylation is 3. The second-order valence-corrected chi connectivity index (χ2v) is 6.51. The molecule has 130 valence electrons. The molecule has 0 amide bonds. The fourth-order valence-corrected chi connectivity index (χ4v) is 2.95. The quantitative estimate of drug-likeness (QED) is 0.575. The predicted molar refractivity (Wildman–Crippen MR) is 103 cm³/mol. The lowest BCUT2D eigenvalue weighted by Gasteiger charge is -2.12.